The number of ether oxygens (including phenoxy) is 4. The van der Waals surface area contributed by atoms with E-state index in [0.717, 1.165) is 5.75 Å². The summed E-state index contributed by atoms with van der Waals surface area (Å²) >= 11 is 0. The molecule has 1 aliphatic heterocycles. The second-order valence-electron chi connectivity index (χ2n) is 8.15. The van der Waals surface area contributed by atoms with E-state index in [4.69, 9.17) is 23.9 Å². The Balaban J connectivity index is 1.39. The van der Waals surface area contributed by atoms with Gasteiger partial charge in [-0.25, -0.2) is 4.98 Å². The van der Waals surface area contributed by atoms with Gasteiger partial charge in [0, 0.05) is 12.3 Å². The summed E-state index contributed by atoms with van der Waals surface area (Å²) < 4.78 is 24.1. The molecular formula is C25H22N6O5. The Bertz CT molecular complexity index is 1650. The second-order valence-corrected chi connectivity index (χ2v) is 8.15. The van der Waals surface area contributed by atoms with Gasteiger partial charge in [-0.05, 0) is 24.3 Å². The molecule has 182 valence electrons. The van der Waals surface area contributed by atoms with E-state index < -0.39 is 0 Å². The molecule has 1 unspecified atom stereocenters. The van der Waals surface area contributed by atoms with Crippen LogP contribution in [0.3, 0.4) is 0 Å². The van der Waals surface area contributed by atoms with Crippen molar-refractivity contribution in [2.24, 2.45) is 0 Å². The maximum atomic E-state index is 13.5. The average molecular weight is 486 g/mol. The van der Waals surface area contributed by atoms with Crippen molar-refractivity contribution in [3.05, 3.63) is 65.2 Å². The number of benzene rings is 2. The van der Waals surface area contributed by atoms with E-state index in [0.29, 0.717) is 64.0 Å². The van der Waals surface area contributed by atoms with Crippen LogP contribution in [-0.4, -0.2) is 58.2 Å². The summed E-state index contributed by atoms with van der Waals surface area (Å²) in [5.74, 6) is 2.80. The summed E-state index contributed by atoms with van der Waals surface area (Å²) in [5, 5.41) is 11.2. The maximum absolute atomic E-state index is 13.5. The molecular weight excluding hydrogens is 464 g/mol. The van der Waals surface area contributed by atoms with Crippen molar-refractivity contribution in [1.82, 2.24) is 24.7 Å². The highest BCUT2D eigenvalue weighted by molar-refractivity contribution is 6.02. The third kappa shape index (κ3) is 3.61. The minimum Gasteiger partial charge on any atom is -0.493 e. The molecule has 1 aliphatic rings. The number of aromatic amines is 1. The summed E-state index contributed by atoms with van der Waals surface area (Å²) in [5.41, 5.74) is 1.27. The lowest BCUT2D eigenvalue weighted by atomic mass is 10.2. The molecule has 36 heavy (non-hydrogen) atoms. The van der Waals surface area contributed by atoms with Crippen LogP contribution in [0.15, 0.2) is 59.7 Å². The molecule has 11 heteroatoms. The van der Waals surface area contributed by atoms with Crippen molar-refractivity contribution in [3.63, 3.8) is 0 Å². The van der Waals surface area contributed by atoms with E-state index in [-0.39, 0.29) is 11.7 Å². The minimum atomic E-state index is -0.274. The molecule has 0 fully saturated rings. The first-order valence-electron chi connectivity index (χ1n) is 11.3. The largest absolute Gasteiger partial charge is 0.493 e. The third-order valence-corrected chi connectivity index (χ3v) is 6.00. The first kappa shape index (κ1) is 21.7. The average Bonchev–Trinajstić information content (AvgIpc) is 3.42. The van der Waals surface area contributed by atoms with Crippen LogP contribution in [0.4, 0.5) is 5.95 Å². The van der Waals surface area contributed by atoms with Crippen LogP contribution < -0.4 is 29.8 Å². The minimum absolute atomic E-state index is 0.234. The molecule has 0 aliphatic carbocycles. The topological polar surface area (TPSA) is 125 Å². The maximum Gasteiger partial charge on any atom is 0.267 e. The second kappa shape index (κ2) is 8.77. The van der Waals surface area contributed by atoms with Crippen molar-refractivity contribution < 1.29 is 18.9 Å². The molecule has 0 spiro atoms. The molecule has 0 amide bonds. The fourth-order valence-electron chi connectivity index (χ4n) is 4.25. The number of hydrogen-bond acceptors (Lipinski definition) is 9. The predicted molar refractivity (Wildman–Crippen MR) is 133 cm³/mol. The van der Waals surface area contributed by atoms with E-state index in [1.165, 1.54) is 10.8 Å². The molecule has 2 aromatic carbocycles. The summed E-state index contributed by atoms with van der Waals surface area (Å²) in [7, 11) is 3.10. The first-order chi connectivity index (χ1) is 17.7. The van der Waals surface area contributed by atoms with Gasteiger partial charge in [0.1, 0.15) is 12.7 Å². The van der Waals surface area contributed by atoms with E-state index in [2.05, 4.69) is 20.5 Å². The van der Waals surface area contributed by atoms with Gasteiger partial charge in [0.25, 0.3) is 5.56 Å². The molecule has 1 atom stereocenters. The van der Waals surface area contributed by atoms with Gasteiger partial charge in [0.05, 0.1) is 48.9 Å². The first-order valence-corrected chi connectivity index (χ1v) is 11.3. The van der Waals surface area contributed by atoms with Gasteiger partial charge in [-0.1, -0.05) is 12.1 Å². The van der Waals surface area contributed by atoms with E-state index in [1.807, 2.05) is 24.3 Å². The van der Waals surface area contributed by atoms with Crippen LogP contribution in [0.2, 0.25) is 0 Å². The van der Waals surface area contributed by atoms with Gasteiger partial charge in [-0.15, -0.1) is 0 Å². The zero-order valence-electron chi connectivity index (χ0n) is 19.5. The number of aromatic nitrogens is 5. The number of hydrogen-bond donors (Lipinski definition) is 2. The lowest BCUT2D eigenvalue weighted by molar-refractivity contribution is 0.0996. The Labute approximate surface area is 204 Å². The lowest BCUT2D eigenvalue weighted by Crippen LogP contribution is -2.35. The van der Waals surface area contributed by atoms with Crippen LogP contribution in [0.25, 0.3) is 27.6 Å². The summed E-state index contributed by atoms with van der Waals surface area (Å²) in [4.78, 5) is 22.7. The van der Waals surface area contributed by atoms with Crippen LogP contribution in [0, 0.1) is 0 Å². The Hall–Kier alpha value is -4.80. The van der Waals surface area contributed by atoms with Gasteiger partial charge >= 0.3 is 0 Å². The van der Waals surface area contributed by atoms with Crippen LogP contribution >= 0.6 is 0 Å². The number of nitrogens with zero attached hydrogens (tertiary/aromatic N) is 4. The molecule has 6 rings (SSSR count). The Morgan fingerprint density at radius 1 is 1.08 bits per heavy atom. The Morgan fingerprint density at radius 3 is 2.75 bits per heavy atom. The van der Waals surface area contributed by atoms with Crippen molar-refractivity contribution in [3.8, 4) is 28.7 Å². The number of para-hydroxylation sites is 2. The molecule has 11 nitrogen and oxygen atoms in total. The zero-order valence-corrected chi connectivity index (χ0v) is 19.5. The number of fused-ring (bicyclic) bond motifs is 4. The lowest BCUT2D eigenvalue weighted by Gasteiger charge is -2.26. The third-order valence-electron chi connectivity index (χ3n) is 6.00. The van der Waals surface area contributed by atoms with Crippen molar-refractivity contribution in [2.75, 3.05) is 32.7 Å². The van der Waals surface area contributed by atoms with Gasteiger partial charge in [0.2, 0.25) is 5.95 Å². The number of rotatable bonds is 6. The summed E-state index contributed by atoms with van der Waals surface area (Å²) in [6, 6.07) is 12.8. The number of H-pyrrole nitrogens is 1. The highest BCUT2D eigenvalue weighted by atomic mass is 16.6. The zero-order chi connectivity index (χ0) is 24.6. The molecule has 0 saturated carbocycles. The van der Waals surface area contributed by atoms with Crippen molar-refractivity contribution in [2.45, 2.75) is 6.10 Å². The van der Waals surface area contributed by atoms with E-state index in [1.54, 1.807) is 38.6 Å². The highest BCUT2D eigenvalue weighted by Gasteiger charge is 2.22. The van der Waals surface area contributed by atoms with Crippen LogP contribution in [0.5, 0.6) is 23.0 Å². The summed E-state index contributed by atoms with van der Waals surface area (Å²) in [6.07, 6.45) is 2.93. The summed E-state index contributed by atoms with van der Waals surface area (Å²) in [6.45, 7) is 0.801. The standard InChI is InChI=1S/C25H22N6O5/c1-33-18-8-7-14(9-21(18)34-2)31-23-16(22-17(24(31)32)12-28-30-22)11-27-25(29-23)26-10-15-13-35-19-5-3-4-6-20(19)36-15/h3-9,11-12,15H,10,13H2,1-2H3,(H,28,30)(H,26,27,29). The Kier molecular flexibility index (Phi) is 5.29. The highest BCUT2D eigenvalue weighted by Crippen LogP contribution is 2.32. The number of pyridine rings is 1. The Morgan fingerprint density at radius 2 is 1.92 bits per heavy atom. The van der Waals surface area contributed by atoms with E-state index >= 15 is 0 Å². The van der Waals surface area contributed by atoms with Gasteiger partial charge in [0.15, 0.2) is 28.6 Å². The molecule has 3 aromatic heterocycles. The molecule has 0 saturated heterocycles. The van der Waals surface area contributed by atoms with Gasteiger partial charge in [-0.3, -0.25) is 14.5 Å². The quantitative estimate of drug-likeness (QED) is 0.373. The van der Waals surface area contributed by atoms with Gasteiger partial charge < -0.3 is 24.3 Å². The molecule has 0 bridgehead atoms. The molecule has 4 heterocycles. The van der Waals surface area contributed by atoms with E-state index in [9.17, 15) is 4.79 Å². The molecule has 2 N–H and O–H groups in total. The predicted octanol–water partition coefficient (Wildman–Crippen LogP) is 2.93. The molecule has 5 aromatic rings. The van der Waals surface area contributed by atoms with Crippen LogP contribution in [0.1, 0.15) is 0 Å². The number of anilines is 1. The van der Waals surface area contributed by atoms with Crippen molar-refractivity contribution >= 4 is 27.9 Å². The SMILES string of the molecule is COc1ccc(-n2c(=O)c3cn[nH]c3c3cnc(NCC4COc5ccccc5O4)nc32)cc1OC. The number of methoxy groups -OCH3 is 2. The molecule has 0 radical (unpaired) electrons. The number of nitrogens with one attached hydrogen (secondary N) is 2. The normalized spacial score (nSPS) is 14.7. The smallest absolute Gasteiger partial charge is 0.267 e. The monoisotopic (exact) mass is 486 g/mol. The fourth-order valence-corrected chi connectivity index (χ4v) is 4.25. The van der Waals surface area contributed by atoms with Crippen molar-refractivity contribution in [1.29, 1.82) is 0 Å². The fraction of sp³-hybridized carbons (Fsp3) is 0.200. The van der Waals surface area contributed by atoms with Crippen LogP contribution in [-0.2, 0) is 0 Å². The van der Waals surface area contributed by atoms with Gasteiger partial charge in [-0.2, -0.15) is 10.1 Å².